The van der Waals surface area contributed by atoms with Crippen LogP contribution in [0.1, 0.15) is 15.9 Å². The highest BCUT2D eigenvalue weighted by Gasteiger charge is 2.05. The van der Waals surface area contributed by atoms with Crippen molar-refractivity contribution >= 4 is 5.97 Å². The predicted octanol–water partition coefficient (Wildman–Crippen LogP) is 0.695. The second-order valence-corrected chi connectivity index (χ2v) is 2.36. The first-order valence-electron chi connectivity index (χ1n) is 3.77. The standard InChI is InChI=1S/C10H9NO2/c11-7-3-5-8-4-1-2-6-9(8)10(12)13/h1-2,4,6H,7,11H2,(H,12,13). The van der Waals surface area contributed by atoms with E-state index in [-0.39, 0.29) is 12.1 Å². The van der Waals surface area contributed by atoms with Crippen LogP contribution in [-0.4, -0.2) is 17.6 Å². The fourth-order valence-electron chi connectivity index (χ4n) is 0.925. The smallest absolute Gasteiger partial charge is 0.336 e. The monoisotopic (exact) mass is 175 g/mol. The highest BCUT2D eigenvalue weighted by atomic mass is 16.4. The summed E-state index contributed by atoms with van der Waals surface area (Å²) in [5.74, 6) is 4.34. The minimum atomic E-state index is -0.970. The fraction of sp³-hybridized carbons (Fsp3) is 0.100. The second kappa shape index (κ2) is 4.29. The van der Waals surface area contributed by atoms with Gasteiger partial charge in [0.1, 0.15) is 0 Å². The lowest BCUT2D eigenvalue weighted by Crippen LogP contribution is -2.00. The largest absolute Gasteiger partial charge is 0.478 e. The molecule has 0 amide bonds. The first-order chi connectivity index (χ1) is 6.25. The summed E-state index contributed by atoms with van der Waals surface area (Å²) in [6, 6.07) is 6.58. The van der Waals surface area contributed by atoms with Crippen LogP contribution >= 0.6 is 0 Å². The predicted molar refractivity (Wildman–Crippen MR) is 49.3 cm³/mol. The molecule has 1 aromatic carbocycles. The van der Waals surface area contributed by atoms with Gasteiger partial charge in [-0.3, -0.25) is 0 Å². The molecule has 0 fully saturated rings. The van der Waals surface area contributed by atoms with Crippen LogP contribution in [0, 0.1) is 11.8 Å². The highest BCUT2D eigenvalue weighted by molar-refractivity contribution is 5.90. The second-order valence-electron chi connectivity index (χ2n) is 2.36. The van der Waals surface area contributed by atoms with Gasteiger partial charge in [0, 0.05) is 5.56 Å². The summed E-state index contributed by atoms with van der Waals surface area (Å²) in [7, 11) is 0. The van der Waals surface area contributed by atoms with Crippen molar-refractivity contribution in [2.75, 3.05) is 6.54 Å². The van der Waals surface area contributed by atoms with E-state index in [1.165, 1.54) is 6.07 Å². The van der Waals surface area contributed by atoms with E-state index in [1.54, 1.807) is 18.2 Å². The third-order valence-corrected chi connectivity index (χ3v) is 1.48. The molecule has 0 radical (unpaired) electrons. The van der Waals surface area contributed by atoms with Gasteiger partial charge in [-0.25, -0.2) is 4.79 Å². The van der Waals surface area contributed by atoms with Crippen LogP contribution in [0.3, 0.4) is 0 Å². The van der Waals surface area contributed by atoms with Crippen molar-refractivity contribution in [1.29, 1.82) is 0 Å². The number of nitrogens with two attached hydrogens (primary N) is 1. The molecule has 0 unspecified atom stereocenters. The molecule has 0 saturated heterocycles. The molecule has 66 valence electrons. The van der Waals surface area contributed by atoms with Crippen LogP contribution in [0.5, 0.6) is 0 Å². The Balaban J connectivity index is 3.12. The number of carboxylic acid groups (broad SMARTS) is 1. The first kappa shape index (κ1) is 9.30. The van der Waals surface area contributed by atoms with Crippen molar-refractivity contribution in [3.63, 3.8) is 0 Å². The molecule has 0 aliphatic heterocycles. The molecule has 1 rings (SSSR count). The van der Waals surface area contributed by atoms with Crippen molar-refractivity contribution in [3.05, 3.63) is 35.4 Å². The van der Waals surface area contributed by atoms with E-state index in [0.717, 1.165) is 0 Å². The van der Waals surface area contributed by atoms with Crippen LogP contribution in [0.4, 0.5) is 0 Å². The van der Waals surface area contributed by atoms with Crippen LogP contribution in [-0.2, 0) is 0 Å². The molecular weight excluding hydrogens is 166 g/mol. The van der Waals surface area contributed by atoms with Crippen molar-refractivity contribution in [3.8, 4) is 11.8 Å². The number of hydrogen-bond acceptors (Lipinski definition) is 2. The Labute approximate surface area is 76.2 Å². The molecule has 0 bridgehead atoms. The van der Waals surface area contributed by atoms with Gasteiger partial charge in [-0.05, 0) is 12.1 Å². The van der Waals surface area contributed by atoms with E-state index in [1.807, 2.05) is 0 Å². The summed E-state index contributed by atoms with van der Waals surface area (Å²) in [5, 5.41) is 8.77. The van der Waals surface area contributed by atoms with Crippen LogP contribution in [0.15, 0.2) is 24.3 Å². The molecule has 0 spiro atoms. The van der Waals surface area contributed by atoms with E-state index in [0.29, 0.717) is 5.56 Å². The van der Waals surface area contributed by atoms with E-state index in [2.05, 4.69) is 11.8 Å². The number of rotatable bonds is 1. The van der Waals surface area contributed by atoms with Gasteiger partial charge in [-0.2, -0.15) is 0 Å². The van der Waals surface area contributed by atoms with Crippen LogP contribution < -0.4 is 5.73 Å². The van der Waals surface area contributed by atoms with E-state index < -0.39 is 5.97 Å². The Morgan fingerprint density at radius 3 is 2.77 bits per heavy atom. The molecule has 3 N–H and O–H groups in total. The molecule has 0 aromatic heterocycles. The molecular formula is C10H9NO2. The van der Waals surface area contributed by atoms with Crippen molar-refractivity contribution < 1.29 is 9.90 Å². The average Bonchev–Trinajstić information content (AvgIpc) is 2.15. The molecule has 0 atom stereocenters. The minimum Gasteiger partial charge on any atom is -0.478 e. The third kappa shape index (κ3) is 2.32. The van der Waals surface area contributed by atoms with Gasteiger partial charge in [0.2, 0.25) is 0 Å². The van der Waals surface area contributed by atoms with Crippen molar-refractivity contribution in [1.82, 2.24) is 0 Å². The molecule has 0 aliphatic carbocycles. The van der Waals surface area contributed by atoms with Crippen molar-refractivity contribution in [2.45, 2.75) is 0 Å². The maximum absolute atomic E-state index is 10.7. The highest BCUT2D eigenvalue weighted by Crippen LogP contribution is 2.06. The molecule has 13 heavy (non-hydrogen) atoms. The Morgan fingerprint density at radius 2 is 2.15 bits per heavy atom. The van der Waals surface area contributed by atoms with Gasteiger partial charge in [0.25, 0.3) is 0 Å². The summed E-state index contributed by atoms with van der Waals surface area (Å²) in [6.45, 7) is 0.230. The maximum Gasteiger partial charge on any atom is 0.336 e. The number of carboxylic acids is 1. The average molecular weight is 175 g/mol. The number of aromatic carboxylic acids is 1. The minimum absolute atomic E-state index is 0.212. The maximum atomic E-state index is 10.7. The van der Waals surface area contributed by atoms with Gasteiger partial charge in [-0.15, -0.1) is 0 Å². The zero-order valence-corrected chi connectivity index (χ0v) is 6.95. The SMILES string of the molecule is NCC#Cc1ccccc1C(=O)O. The van der Waals surface area contributed by atoms with Gasteiger partial charge in [-0.1, -0.05) is 24.0 Å². The van der Waals surface area contributed by atoms with E-state index in [4.69, 9.17) is 10.8 Å². The molecule has 1 aromatic rings. The quantitative estimate of drug-likeness (QED) is 0.617. The Kier molecular flexibility index (Phi) is 3.07. The Bertz CT molecular complexity index is 374. The van der Waals surface area contributed by atoms with Gasteiger partial charge in [0.15, 0.2) is 0 Å². The lowest BCUT2D eigenvalue weighted by molar-refractivity contribution is 0.0696. The number of benzene rings is 1. The summed E-state index contributed by atoms with van der Waals surface area (Å²) in [6.07, 6.45) is 0. The van der Waals surface area contributed by atoms with Gasteiger partial charge in [0.05, 0.1) is 12.1 Å². The molecule has 0 heterocycles. The lowest BCUT2D eigenvalue weighted by atomic mass is 10.1. The molecule has 3 heteroatoms. The number of carbonyl (C=O) groups is 1. The summed E-state index contributed by atoms with van der Waals surface area (Å²) >= 11 is 0. The van der Waals surface area contributed by atoms with E-state index in [9.17, 15) is 4.79 Å². The number of hydrogen-bond donors (Lipinski definition) is 2. The van der Waals surface area contributed by atoms with E-state index >= 15 is 0 Å². The fourth-order valence-corrected chi connectivity index (χ4v) is 0.925. The zero-order chi connectivity index (χ0) is 9.68. The van der Waals surface area contributed by atoms with Gasteiger partial charge >= 0.3 is 5.97 Å². The normalized spacial score (nSPS) is 8.69. The lowest BCUT2D eigenvalue weighted by Gasteiger charge is -1.96. The summed E-state index contributed by atoms with van der Waals surface area (Å²) in [4.78, 5) is 10.7. The van der Waals surface area contributed by atoms with Crippen LogP contribution in [0.25, 0.3) is 0 Å². The molecule has 3 nitrogen and oxygen atoms in total. The molecule has 0 saturated carbocycles. The first-order valence-corrected chi connectivity index (χ1v) is 3.77. The zero-order valence-electron chi connectivity index (χ0n) is 6.95. The Morgan fingerprint density at radius 1 is 1.46 bits per heavy atom. The third-order valence-electron chi connectivity index (χ3n) is 1.48. The molecule has 0 aliphatic rings. The van der Waals surface area contributed by atoms with Crippen molar-refractivity contribution in [2.24, 2.45) is 5.73 Å². The summed E-state index contributed by atoms with van der Waals surface area (Å²) < 4.78 is 0. The topological polar surface area (TPSA) is 63.3 Å². The van der Waals surface area contributed by atoms with Crippen LogP contribution in [0.2, 0.25) is 0 Å². The summed E-state index contributed by atoms with van der Waals surface area (Å²) in [5.41, 5.74) is 5.89. The van der Waals surface area contributed by atoms with Gasteiger partial charge < -0.3 is 10.8 Å². The Hall–Kier alpha value is -1.79.